The van der Waals surface area contributed by atoms with Crippen molar-refractivity contribution in [2.24, 2.45) is 0 Å². The Labute approximate surface area is 212 Å². The fourth-order valence-corrected chi connectivity index (χ4v) is 4.25. The zero-order valence-corrected chi connectivity index (χ0v) is 21.1. The Bertz CT molecular complexity index is 1420. The number of unbranched alkanes of at least 4 members (excludes halogenated alkanes) is 2. The number of nitrogens with zero attached hydrogens (tertiary/aromatic N) is 1. The summed E-state index contributed by atoms with van der Waals surface area (Å²) in [5.41, 5.74) is -4.42. The minimum absolute atomic E-state index is 0.0526. The van der Waals surface area contributed by atoms with Gasteiger partial charge in [-0.25, -0.2) is 4.79 Å². The van der Waals surface area contributed by atoms with Gasteiger partial charge in [-0.2, -0.15) is 13.2 Å². The van der Waals surface area contributed by atoms with E-state index in [2.05, 4.69) is 22.3 Å². The number of aryl methyl sites for hydroxylation is 1. The van der Waals surface area contributed by atoms with Crippen molar-refractivity contribution < 1.29 is 27.6 Å². The zero-order chi connectivity index (χ0) is 27.4. The Morgan fingerprint density at radius 3 is 2.43 bits per heavy atom. The molecule has 0 fully saturated rings. The number of carbonyl (C=O) groups is 1. The van der Waals surface area contributed by atoms with E-state index in [1.54, 1.807) is 6.92 Å². The number of benzene rings is 2. The Hall–Kier alpha value is -3.64. The molecule has 1 heterocycles. The smallest absolute Gasteiger partial charge is 0.369 e. The number of amides is 1. The summed E-state index contributed by atoms with van der Waals surface area (Å²) in [4.78, 5) is 25.3. The van der Waals surface area contributed by atoms with Crippen molar-refractivity contribution in [3.05, 3.63) is 69.7 Å². The Balaban J connectivity index is 2.00. The summed E-state index contributed by atoms with van der Waals surface area (Å²) in [5.74, 6) is 4.55. The monoisotopic (exact) mass is 514 g/mol. The van der Waals surface area contributed by atoms with Crippen LogP contribution >= 0.6 is 0 Å². The molecule has 0 aliphatic heterocycles. The second kappa shape index (κ2) is 10.8. The van der Waals surface area contributed by atoms with Gasteiger partial charge in [0.1, 0.15) is 0 Å². The van der Waals surface area contributed by atoms with Gasteiger partial charge in [0.15, 0.2) is 0 Å². The van der Waals surface area contributed by atoms with E-state index in [-0.39, 0.29) is 16.6 Å². The maximum absolute atomic E-state index is 13.7. The average Bonchev–Trinajstić information content (AvgIpc) is 2.83. The maximum atomic E-state index is 13.7. The van der Waals surface area contributed by atoms with Gasteiger partial charge < -0.3 is 14.9 Å². The van der Waals surface area contributed by atoms with Crippen LogP contribution in [-0.2, 0) is 16.4 Å². The predicted octanol–water partition coefficient (Wildman–Crippen LogP) is 5.75. The molecule has 6 nitrogen and oxygen atoms in total. The van der Waals surface area contributed by atoms with E-state index in [1.807, 2.05) is 6.92 Å². The van der Waals surface area contributed by atoms with Crippen LogP contribution in [0.25, 0.3) is 10.8 Å². The summed E-state index contributed by atoms with van der Waals surface area (Å²) < 4.78 is 45.9. The molecule has 3 aromatic rings. The van der Waals surface area contributed by atoms with Gasteiger partial charge >= 0.3 is 11.8 Å². The highest BCUT2D eigenvalue weighted by Gasteiger charge is 2.44. The van der Waals surface area contributed by atoms with Crippen LogP contribution in [0.2, 0.25) is 0 Å². The second-order valence-corrected chi connectivity index (χ2v) is 9.64. The fraction of sp³-hybridized carbons (Fsp3) is 0.393. The van der Waals surface area contributed by atoms with E-state index in [1.165, 1.54) is 50.2 Å². The minimum atomic E-state index is -4.61. The number of alkyl halides is 3. The molecule has 0 saturated heterocycles. The lowest BCUT2D eigenvalue weighted by Gasteiger charge is -2.34. The molecule has 0 spiro atoms. The number of aliphatic hydroxyl groups is 1. The summed E-state index contributed by atoms with van der Waals surface area (Å²) in [5, 5.41) is 18.5. The summed E-state index contributed by atoms with van der Waals surface area (Å²) in [6, 6.07) is 9.54. The first-order valence-electron chi connectivity index (χ1n) is 11.9. The first-order chi connectivity index (χ1) is 17.3. The van der Waals surface area contributed by atoms with Crippen LogP contribution in [0.3, 0.4) is 0 Å². The van der Waals surface area contributed by atoms with Gasteiger partial charge in [0.05, 0.1) is 16.6 Å². The van der Waals surface area contributed by atoms with E-state index in [9.17, 15) is 27.9 Å². The van der Waals surface area contributed by atoms with Gasteiger partial charge in [-0.1, -0.05) is 62.4 Å². The number of nitrogens with one attached hydrogen (secondary N) is 1. The standard InChI is InChI=1S/C28H29F3N2O4/c1-5-6-7-10-15-27(36,17-26(3,4)22-11-8-9-12-23(22)28(29,30)31)25(35)32-19-13-14-20-21(16-19)18(2)33-37-24(20)34/h8-9,11-14,16,36H,5-7,17H2,1-4H3,(H,32,35). The van der Waals surface area contributed by atoms with Crippen molar-refractivity contribution in [1.82, 2.24) is 5.16 Å². The van der Waals surface area contributed by atoms with Crippen LogP contribution in [0.4, 0.5) is 18.9 Å². The van der Waals surface area contributed by atoms with Crippen LogP contribution in [-0.4, -0.2) is 21.8 Å². The van der Waals surface area contributed by atoms with Gasteiger partial charge in [0, 0.05) is 23.9 Å². The molecule has 0 aliphatic carbocycles. The van der Waals surface area contributed by atoms with E-state index in [0.717, 1.165) is 18.9 Å². The van der Waals surface area contributed by atoms with E-state index in [0.29, 0.717) is 17.5 Å². The van der Waals surface area contributed by atoms with Crippen molar-refractivity contribution in [3.63, 3.8) is 0 Å². The van der Waals surface area contributed by atoms with Crippen LogP contribution in [0.5, 0.6) is 0 Å². The number of hydrogen-bond donors (Lipinski definition) is 2. The molecule has 2 aromatic carbocycles. The molecular weight excluding hydrogens is 485 g/mol. The summed E-state index contributed by atoms with van der Waals surface area (Å²) in [6.45, 7) is 6.67. The molecular formula is C28H29F3N2O4. The molecule has 37 heavy (non-hydrogen) atoms. The largest absolute Gasteiger partial charge is 0.416 e. The molecule has 2 N–H and O–H groups in total. The molecule has 0 aliphatic rings. The highest BCUT2D eigenvalue weighted by molar-refractivity contribution is 6.01. The molecule has 1 amide bonds. The molecule has 9 heteroatoms. The topological polar surface area (TPSA) is 92.4 Å². The summed E-state index contributed by atoms with van der Waals surface area (Å²) >= 11 is 0. The SMILES string of the molecule is CCCCC#CC(O)(CC(C)(C)c1ccccc1C(F)(F)F)C(=O)Nc1ccc2c(=O)onc(C)c2c1. The van der Waals surface area contributed by atoms with Crippen LogP contribution in [0.1, 0.15) is 63.3 Å². The van der Waals surface area contributed by atoms with Gasteiger partial charge in [0.25, 0.3) is 5.91 Å². The van der Waals surface area contributed by atoms with Gasteiger partial charge in [0.2, 0.25) is 5.60 Å². The molecule has 3 rings (SSSR count). The number of anilines is 1. The molecule has 0 bridgehead atoms. The number of halogens is 3. The van der Waals surface area contributed by atoms with Crippen molar-refractivity contribution in [3.8, 4) is 11.8 Å². The van der Waals surface area contributed by atoms with Gasteiger partial charge in [-0.15, -0.1) is 0 Å². The third-order valence-corrected chi connectivity index (χ3v) is 6.14. The molecule has 1 atom stereocenters. The Morgan fingerprint density at radius 2 is 1.78 bits per heavy atom. The maximum Gasteiger partial charge on any atom is 0.416 e. The van der Waals surface area contributed by atoms with Gasteiger partial charge in [-0.3, -0.25) is 4.79 Å². The predicted molar refractivity (Wildman–Crippen MR) is 135 cm³/mol. The van der Waals surface area contributed by atoms with Crippen molar-refractivity contribution >= 4 is 22.4 Å². The normalized spacial score (nSPS) is 13.5. The number of rotatable bonds is 7. The second-order valence-electron chi connectivity index (χ2n) is 9.64. The third kappa shape index (κ3) is 6.38. The lowest BCUT2D eigenvalue weighted by molar-refractivity contribution is -0.139. The average molecular weight is 515 g/mol. The van der Waals surface area contributed by atoms with Crippen LogP contribution in [0, 0.1) is 18.8 Å². The zero-order valence-electron chi connectivity index (χ0n) is 21.1. The lowest BCUT2D eigenvalue weighted by atomic mass is 9.73. The molecule has 0 radical (unpaired) electrons. The number of fused-ring (bicyclic) bond motifs is 1. The first kappa shape index (κ1) is 27.9. The van der Waals surface area contributed by atoms with Crippen LogP contribution in [0.15, 0.2) is 51.8 Å². The molecule has 1 aromatic heterocycles. The van der Waals surface area contributed by atoms with Crippen LogP contribution < -0.4 is 10.9 Å². The van der Waals surface area contributed by atoms with E-state index in [4.69, 9.17) is 4.52 Å². The summed E-state index contributed by atoms with van der Waals surface area (Å²) in [7, 11) is 0. The third-order valence-electron chi connectivity index (χ3n) is 6.14. The number of hydrogen-bond acceptors (Lipinski definition) is 5. The lowest BCUT2D eigenvalue weighted by Crippen LogP contribution is -2.46. The summed E-state index contributed by atoms with van der Waals surface area (Å²) in [6.07, 6.45) is -2.99. The molecule has 196 valence electrons. The number of aromatic nitrogens is 1. The Morgan fingerprint density at radius 1 is 1.11 bits per heavy atom. The fourth-order valence-electron chi connectivity index (χ4n) is 4.25. The molecule has 0 saturated carbocycles. The highest BCUT2D eigenvalue weighted by Crippen LogP contribution is 2.41. The Kier molecular flexibility index (Phi) is 8.13. The highest BCUT2D eigenvalue weighted by atomic mass is 19.4. The molecule has 1 unspecified atom stereocenters. The minimum Gasteiger partial charge on any atom is -0.369 e. The van der Waals surface area contributed by atoms with Crippen molar-refractivity contribution in [2.75, 3.05) is 5.32 Å². The van der Waals surface area contributed by atoms with Crippen molar-refractivity contribution in [1.29, 1.82) is 0 Å². The van der Waals surface area contributed by atoms with Crippen molar-refractivity contribution in [2.45, 2.75) is 70.6 Å². The van der Waals surface area contributed by atoms with E-state index >= 15 is 0 Å². The van der Waals surface area contributed by atoms with E-state index < -0.39 is 40.7 Å². The number of carbonyl (C=O) groups excluding carboxylic acids is 1. The quantitative estimate of drug-likeness (QED) is 0.310. The van der Waals surface area contributed by atoms with Gasteiger partial charge in [-0.05, 0) is 48.6 Å². The first-order valence-corrected chi connectivity index (χ1v) is 11.9.